The first kappa shape index (κ1) is 18.9. The summed E-state index contributed by atoms with van der Waals surface area (Å²) < 4.78 is 26.6. The number of aryl methyl sites for hydroxylation is 1. The van der Waals surface area contributed by atoms with E-state index in [0.29, 0.717) is 17.1 Å². The monoisotopic (exact) mass is 405 g/mol. The van der Waals surface area contributed by atoms with Crippen LogP contribution in [0, 0.1) is 6.92 Å². The molecule has 3 aromatic rings. The van der Waals surface area contributed by atoms with E-state index in [1.165, 1.54) is 29.1 Å². The third-order valence-electron chi connectivity index (χ3n) is 3.50. The fourth-order valence-corrected chi connectivity index (χ4v) is 3.19. The van der Waals surface area contributed by atoms with Crippen molar-refractivity contribution < 1.29 is 13.2 Å². The van der Waals surface area contributed by atoms with Gasteiger partial charge in [-0.1, -0.05) is 17.7 Å². The first-order valence-corrected chi connectivity index (χ1v) is 10.0. The lowest BCUT2D eigenvalue weighted by Crippen LogP contribution is -2.13. The summed E-state index contributed by atoms with van der Waals surface area (Å²) in [5.41, 5.74) is 1.83. The Hall–Kier alpha value is -2.91. The van der Waals surface area contributed by atoms with Crippen LogP contribution in [-0.4, -0.2) is 35.3 Å². The van der Waals surface area contributed by atoms with Gasteiger partial charge in [-0.05, 0) is 36.8 Å². The lowest BCUT2D eigenvalue weighted by atomic mass is 10.2. The van der Waals surface area contributed by atoms with Gasteiger partial charge >= 0.3 is 0 Å². The molecule has 27 heavy (non-hydrogen) atoms. The van der Waals surface area contributed by atoms with Crippen molar-refractivity contribution in [1.82, 2.24) is 14.8 Å². The number of nitrogens with one attached hydrogen (secondary N) is 2. The quantitative estimate of drug-likeness (QED) is 0.678. The Morgan fingerprint density at radius 3 is 2.67 bits per heavy atom. The number of anilines is 2. The number of hydrogen-bond acceptors (Lipinski definition) is 5. The second-order valence-electron chi connectivity index (χ2n) is 5.87. The van der Waals surface area contributed by atoms with Crippen molar-refractivity contribution in [3.05, 3.63) is 65.1 Å². The second-order valence-corrected chi connectivity index (χ2v) is 8.06. The topological polar surface area (TPSA) is 106 Å². The van der Waals surface area contributed by atoms with E-state index in [1.807, 2.05) is 19.1 Å². The second kappa shape index (κ2) is 7.37. The van der Waals surface area contributed by atoms with Crippen LogP contribution in [0.2, 0.25) is 5.02 Å². The summed E-state index contributed by atoms with van der Waals surface area (Å²) in [6.07, 6.45) is 5.65. The molecule has 8 nitrogen and oxygen atoms in total. The number of sulfonamides is 1. The molecular formula is C17H16ClN5O3S. The van der Waals surface area contributed by atoms with Gasteiger partial charge in [-0.2, -0.15) is 5.10 Å². The summed E-state index contributed by atoms with van der Waals surface area (Å²) in [5.74, 6) is 0.210. The molecule has 2 aromatic heterocycles. The van der Waals surface area contributed by atoms with Crippen molar-refractivity contribution in [2.24, 2.45) is 0 Å². The first-order chi connectivity index (χ1) is 12.7. The van der Waals surface area contributed by atoms with Crippen molar-refractivity contribution in [3.8, 4) is 5.82 Å². The number of pyridine rings is 1. The number of carbonyl (C=O) groups is 1. The molecule has 140 valence electrons. The van der Waals surface area contributed by atoms with Gasteiger partial charge in [0, 0.05) is 23.1 Å². The maximum Gasteiger partial charge on any atom is 0.258 e. The number of hydrogen-bond donors (Lipinski definition) is 2. The summed E-state index contributed by atoms with van der Waals surface area (Å²) in [6, 6.07) is 8.14. The molecule has 0 bridgehead atoms. The van der Waals surface area contributed by atoms with Crippen molar-refractivity contribution in [1.29, 1.82) is 0 Å². The Kier molecular flexibility index (Phi) is 5.15. The molecule has 0 fully saturated rings. The Morgan fingerprint density at radius 2 is 1.96 bits per heavy atom. The summed E-state index contributed by atoms with van der Waals surface area (Å²) in [4.78, 5) is 16.7. The summed E-state index contributed by atoms with van der Waals surface area (Å²) in [6.45, 7) is 1.89. The molecule has 1 amide bonds. The molecule has 2 N–H and O–H groups in total. The molecular weight excluding hydrogens is 390 g/mol. The molecule has 1 aromatic carbocycles. The van der Waals surface area contributed by atoms with Gasteiger partial charge in [-0.15, -0.1) is 0 Å². The SMILES string of the molecule is Cc1cccnc1-n1cc(C(=O)Nc2cc(Cl)cc(NS(C)(=O)=O)c2)cn1. The zero-order valence-electron chi connectivity index (χ0n) is 14.5. The maximum atomic E-state index is 12.5. The smallest absolute Gasteiger partial charge is 0.258 e. The summed E-state index contributed by atoms with van der Waals surface area (Å²) >= 11 is 6.00. The van der Waals surface area contributed by atoms with Crippen LogP contribution in [0.4, 0.5) is 11.4 Å². The highest BCUT2D eigenvalue weighted by Gasteiger charge is 2.13. The number of nitrogens with zero attached hydrogens (tertiary/aromatic N) is 3. The molecule has 10 heteroatoms. The summed E-state index contributed by atoms with van der Waals surface area (Å²) in [5, 5.41) is 7.12. The normalized spacial score (nSPS) is 11.2. The first-order valence-electron chi connectivity index (χ1n) is 7.78. The van der Waals surface area contributed by atoms with Gasteiger partial charge < -0.3 is 5.32 Å². The van der Waals surface area contributed by atoms with Crippen molar-refractivity contribution in [3.63, 3.8) is 0 Å². The number of aromatic nitrogens is 3. The highest BCUT2D eigenvalue weighted by molar-refractivity contribution is 7.92. The minimum atomic E-state index is -3.46. The van der Waals surface area contributed by atoms with Crippen LogP contribution in [0.5, 0.6) is 0 Å². The molecule has 0 aliphatic carbocycles. The fraction of sp³-hybridized carbons (Fsp3) is 0.118. The van der Waals surface area contributed by atoms with Gasteiger partial charge in [0.15, 0.2) is 5.82 Å². The van der Waals surface area contributed by atoms with Gasteiger partial charge in [0.25, 0.3) is 5.91 Å². The van der Waals surface area contributed by atoms with Crippen molar-refractivity contribution in [2.45, 2.75) is 6.92 Å². The van der Waals surface area contributed by atoms with Crippen LogP contribution in [0.25, 0.3) is 5.82 Å². The highest BCUT2D eigenvalue weighted by Crippen LogP contribution is 2.24. The van der Waals surface area contributed by atoms with Crippen LogP contribution in [0.15, 0.2) is 48.9 Å². The third-order valence-corrected chi connectivity index (χ3v) is 4.33. The van der Waals surface area contributed by atoms with Gasteiger partial charge in [0.05, 0.1) is 23.7 Å². The predicted molar refractivity (Wildman–Crippen MR) is 104 cm³/mol. The molecule has 3 rings (SSSR count). The largest absolute Gasteiger partial charge is 0.322 e. The van der Waals surface area contributed by atoms with Crippen molar-refractivity contribution in [2.75, 3.05) is 16.3 Å². The van der Waals surface area contributed by atoms with Crippen LogP contribution in [0.1, 0.15) is 15.9 Å². The van der Waals surface area contributed by atoms with E-state index < -0.39 is 15.9 Å². The number of rotatable bonds is 5. The average molecular weight is 406 g/mol. The minimum absolute atomic E-state index is 0.250. The molecule has 0 atom stereocenters. The van der Waals surface area contributed by atoms with Crippen LogP contribution < -0.4 is 10.0 Å². The van der Waals surface area contributed by atoms with E-state index in [0.717, 1.165) is 11.8 Å². The zero-order chi connectivity index (χ0) is 19.6. The Balaban J connectivity index is 1.81. The Morgan fingerprint density at radius 1 is 1.22 bits per heavy atom. The van der Waals surface area contributed by atoms with E-state index in [4.69, 9.17) is 11.6 Å². The van der Waals surface area contributed by atoms with Crippen LogP contribution in [-0.2, 0) is 10.0 Å². The van der Waals surface area contributed by atoms with Gasteiger partial charge in [0.1, 0.15) is 0 Å². The molecule has 0 aliphatic rings. The average Bonchev–Trinajstić information content (AvgIpc) is 3.03. The molecule has 0 radical (unpaired) electrons. The highest BCUT2D eigenvalue weighted by atomic mass is 35.5. The van der Waals surface area contributed by atoms with E-state index in [2.05, 4.69) is 20.1 Å². The standard InChI is InChI=1S/C17H16ClN5O3S/c1-11-4-3-5-19-16(11)23-10-12(9-20-23)17(24)21-14-6-13(18)7-15(8-14)22-27(2,25)26/h3-10,22H,1-2H3,(H,21,24). The Labute approximate surface area is 161 Å². The van der Waals surface area contributed by atoms with E-state index in [1.54, 1.807) is 12.4 Å². The van der Waals surface area contributed by atoms with E-state index >= 15 is 0 Å². The predicted octanol–water partition coefficient (Wildman–Crippen LogP) is 2.85. The minimum Gasteiger partial charge on any atom is -0.322 e. The molecule has 0 unspecified atom stereocenters. The third kappa shape index (κ3) is 4.83. The number of carbonyl (C=O) groups excluding carboxylic acids is 1. The lowest BCUT2D eigenvalue weighted by molar-refractivity contribution is 0.102. The molecule has 0 saturated heterocycles. The number of halogens is 1. The van der Waals surface area contributed by atoms with E-state index in [-0.39, 0.29) is 10.7 Å². The Bertz CT molecular complexity index is 1110. The molecule has 0 aliphatic heterocycles. The maximum absolute atomic E-state index is 12.5. The molecule has 0 saturated carbocycles. The molecule has 2 heterocycles. The number of amides is 1. The lowest BCUT2D eigenvalue weighted by Gasteiger charge is -2.09. The molecule has 0 spiro atoms. The zero-order valence-corrected chi connectivity index (χ0v) is 16.0. The van der Waals surface area contributed by atoms with Gasteiger partial charge in [-0.25, -0.2) is 18.1 Å². The van der Waals surface area contributed by atoms with Gasteiger partial charge in [0.2, 0.25) is 10.0 Å². The number of benzene rings is 1. The van der Waals surface area contributed by atoms with Crippen LogP contribution in [0.3, 0.4) is 0 Å². The fourth-order valence-electron chi connectivity index (χ4n) is 2.41. The van der Waals surface area contributed by atoms with E-state index in [9.17, 15) is 13.2 Å². The van der Waals surface area contributed by atoms with Crippen molar-refractivity contribution >= 4 is 38.9 Å². The van der Waals surface area contributed by atoms with Crippen LogP contribution >= 0.6 is 11.6 Å². The van der Waals surface area contributed by atoms with Gasteiger partial charge in [-0.3, -0.25) is 9.52 Å². The summed E-state index contributed by atoms with van der Waals surface area (Å²) in [7, 11) is -3.46.